The zero-order chi connectivity index (χ0) is 19.3. The first-order valence-electron chi connectivity index (χ1n) is 10.5. The summed E-state index contributed by atoms with van der Waals surface area (Å²) in [4.78, 5) is 3.43. The predicted molar refractivity (Wildman–Crippen MR) is 115 cm³/mol. The lowest BCUT2D eigenvalue weighted by molar-refractivity contribution is 0.206. The maximum absolute atomic E-state index is 7.03. The third-order valence-corrected chi connectivity index (χ3v) is 4.99. The standard InChI is InChI=1S/C25H33NO/c1-4-5-6-7-8-9-10-11-12-21(2)27-25-19-15-23(16-20-25)22-13-17-24(26-3)18-14-22/h13-21H,4-12H2,1-2H3. The summed E-state index contributed by atoms with van der Waals surface area (Å²) in [7, 11) is 0. The van der Waals surface area contributed by atoms with Gasteiger partial charge < -0.3 is 4.74 Å². The van der Waals surface area contributed by atoms with Gasteiger partial charge in [0.1, 0.15) is 5.75 Å². The van der Waals surface area contributed by atoms with Gasteiger partial charge in [0.2, 0.25) is 0 Å². The molecule has 1 unspecified atom stereocenters. The summed E-state index contributed by atoms with van der Waals surface area (Å²) in [5.74, 6) is 0.934. The van der Waals surface area contributed by atoms with Crippen LogP contribution in [0.3, 0.4) is 0 Å². The summed E-state index contributed by atoms with van der Waals surface area (Å²) in [6.45, 7) is 11.5. The van der Waals surface area contributed by atoms with E-state index in [-0.39, 0.29) is 6.10 Å². The average molecular weight is 364 g/mol. The van der Waals surface area contributed by atoms with Crippen molar-refractivity contribution < 1.29 is 4.74 Å². The van der Waals surface area contributed by atoms with Gasteiger partial charge in [-0.15, -0.1) is 0 Å². The molecule has 0 N–H and O–H groups in total. The Balaban J connectivity index is 1.68. The number of benzene rings is 2. The van der Waals surface area contributed by atoms with E-state index in [4.69, 9.17) is 11.3 Å². The molecule has 0 heterocycles. The second-order valence-electron chi connectivity index (χ2n) is 7.38. The fraction of sp³-hybridized carbons (Fsp3) is 0.480. The van der Waals surface area contributed by atoms with Gasteiger partial charge in [0.05, 0.1) is 12.7 Å². The minimum Gasteiger partial charge on any atom is -0.491 e. The minimum absolute atomic E-state index is 0.258. The van der Waals surface area contributed by atoms with E-state index >= 15 is 0 Å². The largest absolute Gasteiger partial charge is 0.491 e. The van der Waals surface area contributed by atoms with Crippen LogP contribution in [0.2, 0.25) is 0 Å². The van der Waals surface area contributed by atoms with E-state index in [1.165, 1.54) is 51.4 Å². The highest BCUT2D eigenvalue weighted by molar-refractivity contribution is 5.66. The van der Waals surface area contributed by atoms with Crippen molar-refractivity contribution in [2.75, 3.05) is 0 Å². The molecule has 2 nitrogen and oxygen atoms in total. The monoisotopic (exact) mass is 363 g/mol. The molecule has 0 amide bonds. The van der Waals surface area contributed by atoms with Crippen molar-refractivity contribution in [1.29, 1.82) is 0 Å². The van der Waals surface area contributed by atoms with E-state index in [2.05, 4.69) is 30.8 Å². The molecule has 2 aromatic carbocycles. The van der Waals surface area contributed by atoms with E-state index in [1.54, 1.807) is 0 Å². The third kappa shape index (κ3) is 7.87. The summed E-state index contributed by atoms with van der Waals surface area (Å²) in [6.07, 6.45) is 12.2. The van der Waals surface area contributed by atoms with Gasteiger partial charge in [-0.3, -0.25) is 0 Å². The molecule has 0 saturated heterocycles. The highest BCUT2D eigenvalue weighted by atomic mass is 16.5. The van der Waals surface area contributed by atoms with Crippen LogP contribution in [0.1, 0.15) is 71.6 Å². The zero-order valence-corrected chi connectivity index (χ0v) is 16.9. The Bertz CT molecular complexity index is 682. The SMILES string of the molecule is [C-]#[N+]c1ccc(-c2ccc(OC(C)CCCCCCCCCC)cc2)cc1. The second kappa shape index (κ2) is 12.2. The number of ether oxygens (including phenoxy) is 1. The Kier molecular flexibility index (Phi) is 9.49. The lowest BCUT2D eigenvalue weighted by Gasteiger charge is -2.15. The van der Waals surface area contributed by atoms with Crippen LogP contribution in [0.15, 0.2) is 48.5 Å². The van der Waals surface area contributed by atoms with Gasteiger partial charge in [0.25, 0.3) is 0 Å². The summed E-state index contributed by atoms with van der Waals surface area (Å²) < 4.78 is 6.06. The van der Waals surface area contributed by atoms with E-state index in [9.17, 15) is 0 Å². The van der Waals surface area contributed by atoms with Gasteiger partial charge in [-0.05, 0) is 43.0 Å². The normalized spacial score (nSPS) is 11.7. The maximum atomic E-state index is 7.03. The lowest BCUT2D eigenvalue weighted by Crippen LogP contribution is -2.11. The average Bonchev–Trinajstić information content (AvgIpc) is 2.70. The Morgan fingerprint density at radius 3 is 1.85 bits per heavy atom. The van der Waals surface area contributed by atoms with Crippen LogP contribution in [-0.4, -0.2) is 6.10 Å². The molecule has 2 aromatic rings. The van der Waals surface area contributed by atoms with Gasteiger partial charge in [-0.25, -0.2) is 4.85 Å². The van der Waals surface area contributed by atoms with E-state index in [0.29, 0.717) is 5.69 Å². The molecule has 0 aliphatic heterocycles. The third-order valence-electron chi connectivity index (χ3n) is 4.99. The van der Waals surface area contributed by atoms with E-state index < -0.39 is 0 Å². The molecular weight excluding hydrogens is 330 g/mol. The van der Waals surface area contributed by atoms with E-state index in [0.717, 1.165) is 23.3 Å². The fourth-order valence-corrected chi connectivity index (χ4v) is 3.31. The summed E-state index contributed by atoms with van der Waals surface area (Å²) in [5, 5.41) is 0. The second-order valence-corrected chi connectivity index (χ2v) is 7.38. The molecule has 0 aromatic heterocycles. The molecule has 144 valence electrons. The first kappa shape index (κ1) is 21.0. The first-order chi connectivity index (χ1) is 13.2. The maximum Gasteiger partial charge on any atom is 0.187 e. The van der Waals surface area contributed by atoms with Crippen molar-refractivity contribution in [2.24, 2.45) is 0 Å². The van der Waals surface area contributed by atoms with Crippen molar-refractivity contribution in [2.45, 2.75) is 77.7 Å². The van der Waals surface area contributed by atoms with Crippen LogP contribution in [0.4, 0.5) is 5.69 Å². The van der Waals surface area contributed by atoms with Gasteiger partial charge in [0.15, 0.2) is 5.69 Å². The number of rotatable bonds is 12. The molecule has 0 radical (unpaired) electrons. The van der Waals surface area contributed by atoms with Crippen LogP contribution in [0.25, 0.3) is 16.0 Å². The fourth-order valence-electron chi connectivity index (χ4n) is 3.31. The van der Waals surface area contributed by atoms with Crippen LogP contribution >= 0.6 is 0 Å². The first-order valence-corrected chi connectivity index (χ1v) is 10.5. The molecule has 27 heavy (non-hydrogen) atoms. The van der Waals surface area contributed by atoms with Crippen LogP contribution in [0.5, 0.6) is 5.75 Å². The Morgan fingerprint density at radius 2 is 1.30 bits per heavy atom. The lowest BCUT2D eigenvalue weighted by atomic mass is 10.1. The molecule has 2 rings (SSSR count). The van der Waals surface area contributed by atoms with Gasteiger partial charge in [-0.2, -0.15) is 0 Å². The molecule has 0 fully saturated rings. The number of hydrogen-bond acceptors (Lipinski definition) is 1. The van der Waals surface area contributed by atoms with Crippen LogP contribution in [0, 0.1) is 6.57 Å². The number of hydrogen-bond donors (Lipinski definition) is 0. The summed E-state index contributed by atoms with van der Waals surface area (Å²) in [6, 6.07) is 16.0. The molecule has 0 aliphatic carbocycles. The highest BCUT2D eigenvalue weighted by Crippen LogP contribution is 2.25. The zero-order valence-electron chi connectivity index (χ0n) is 16.9. The van der Waals surface area contributed by atoms with Gasteiger partial charge >= 0.3 is 0 Å². The Morgan fingerprint density at radius 1 is 0.778 bits per heavy atom. The summed E-state index contributed by atoms with van der Waals surface area (Å²) >= 11 is 0. The van der Waals surface area contributed by atoms with Crippen molar-refractivity contribution in [3.63, 3.8) is 0 Å². The molecule has 0 bridgehead atoms. The van der Waals surface area contributed by atoms with Crippen molar-refractivity contribution in [3.05, 3.63) is 59.9 Å². The molecular formula is C25H33NO. The highest BCUT2D eigenvalue weighted by Gasteiger charge is 2.05. The number of unbranched alkanes of at least 4 members (excludes halogenated alkanes) is 7. The Hall–Kier alpha value is -2.27. The van der Waals surface area contributed by atoms with Gasteiger partial charge in [-0.1, -0.05) is 88.3 Å². The van der Waals surface area contributed by atoms with Crippen molar-refractivity contribution in [3.8, 4) is 16.9 Å². The Labute approximate surface area is 165 Å². The van der Waals surface area contributed by atoms with E-state index in [1.807, 2.05) is 36.4 Å². The van der Waals surface area contributed by atoms with Crippen molar-refractivity contribution in [1.82, 2.24) is 0 Å². The van der Waals surface area contributed by atoms with Crippen molar-refractivity contribution >= 4 is 5.69 Å². The molecule has 0 saturated carbocycles. The van der Waals surface area contributed by atoms with Crippen LogP contribution < -0.4 is 4.74 Å². The topological polar surface area (TPSA) is 13.6 Å². The number of nitrogens with zero attached hydrogens (tertiary/aromatic N) is 1. The quantitative estimate of drug-likeness (QED) is 0.274. The smallest absolute Gasteiger partial charge is 0.187 e. The molecule has 0 spiro atoms. The summed E-state index contributed by atoms with van der Waals surface area (Å²) in [5.41, 5.74) is 2.95. The predicted octanol–water partition coefficient (Wildman–Crippen LogP) is 8.20. The van der Waals surface area contributed by atoms with Gasteiger partial charge in [0, 0.05) is 0 Å². The molecule has 0 aliphatic rings. The minimum atomic E-state index is 0.258. The van der Waals surface area contributed by atoms with Crippen LogP contribution in [-0.2, 0) is 0 Å². The molecule has 1 atom stereocenters. The molecule has 2 heteroatoms.